The van der Waals surface area contributed by atoms with Crippen LogP contribution in [-0.2, 0) is 0 Å². The van der Waals surface area contributed by atoms with E-state index in [1.54, 1.807) is 6.92 Å². The summed E-state index contributed by atoms with van der Waals surface area (Å²) in [5.74, 6) is 1.02. The SMILES string of the molecule is Cc1noc(-c2ccc(-c3cc(NC(=O)c4cccs4)ccc3C)cc2)n1. The van der Waals surface area contributed by atoms with E-state index in [0.29, 0.717) is 16.6 Å². The van der Waals surface area contributed by atoms with Gasteiger partial charge in [-0.25, -0.2) is 0 Å². The van der Waals surface area contributed by atoms with Gasteiger partial charge in [0.05, 0.1) is 4.88 Å². The predicted molar refractivity (Wildman–Crippen MR) is 107 cm³/mol. The molecule has 134 valence electrons. The van der Waals surface area contributed by atoms with Gasteiger partial charge in [-0.3, -0.25) is 4.79 Å². The molecular formula is C21H17N3O2S. The van der Waals surface area contributed by atoms with Crippen molar-refractivity contribution in [1.29, 1.82) is 0 Å². The molecule has 0 bridgehead atoms. The van der Waals surface area contributed by atoms with Crippen LogP contribution < -0.4 is 5.32 Å². The van der Waals surface area contributed by atoms with E-state index in [9.17, 15) is 4.79 Å². The maximum absolute atomic E-state index is 12.3. The van der Waals surface area contributed by atoms with Crippen LogP contribution in [0.1, 0.15) is 21.1 Å². The number of carbonyl (C=O) groups excluding carboxylic acids is 1. The molecule has 27 heavy (non-hydrogen) atoms. The molecule has 6 heteroatoms. The molecule has 1 amide bonds. The lowest BCUT2D eigenvalue weighted by atomic mass is 9.98. The van der Waals surface area contributed by atoms with Crippen LogP contribution in [0.25, 0.3) is 22.6 Å². The van der Waals surface area contributed by atoms with Gasteiger partial charge >= 0.3 is 0 Å². The number of thiophene rings is 1. The Bertz CT molecular complexity index is 1080. The number of aromatic nitrogens is 2. The van der Waals surface area contributed by atoms with Gasteiger partial charge < -0.3 is 9.84 Å². The normalized spacial score (nSPS) is 10.7. The van der Waals surface area contributed by atoms with Crippen LogP contribution >= 0.6 is 11.3 Å². The zero-order valence-electron chi connectivity index (χ0n) is 14.9. The molecule has 0 aliphatic carbocycles. The smallest absolute Gasteiger partial charge is 0.265 e. The quantitative estimate of drug-likeness (QED) is 0.523. The molecule has 2 aromatic carbocycles. The van der Waals surface area contributed by atoms with Crippen LogP contribution in [0.4, 0.5) is 5.69 Å². The van der Waals surface area contributed by atoms with Crippen molar-refractivity contribution < 1.29 is 9.32 Å². The van der Waals surface area contributed by atoms with Crippen molar-refractivity contribution in [2.24, 2.45) is 0 Å². The van der Waals surface area contributed by atoms with E-state index in [1.807, 2.05) is 60.0 Å². The van der Waals surface area contributed by atoms with Crippen molar-refractivity contribution in [3.63, 3.8) is 0 Å². The van der Waals surface area contributed by atoms with Crippen LogP contribution in [0.5, 0.6) is 0 Å². The lowest BCUT2D eigenvalue weighted by Crippen LogP contribution is -2.10. The number of carbonyl (C=O) groups is 1. The van der Waals surface area contributed by atoms with Crippen molar-refractivity contribution in [3.8, 4) is 22.6 Å². The zero-order valence-corrected chi connectivity index (χ0v) is 15.7. The fraction of sp³-hybridized carbons (Fsp3) is 0.0952. The molecule has 0 spiro atoms. The highest BCUT2D eigenvalue weighted by atomic mass is 32.1. The van der Waals surface area contributed by atoms with E-state index >= 15 is 0 Å². The lowest BCUT2D eigenvalue weighted by Gasteiger charge is -2.10. The average Bonchev–Trinajstić information content (AvgIpc) is 3.35. The van der Waals surface area contributed by atoms with E-state index < -0.39 is 0 Å². The molecule has 2 aromatic heterocycles. The molecule has 0 radical (unpaired) electrons. The first-order valence-corrected chi connectivity index (χ1v) is 9.35. The second-order valence-electron chi connectivity index (χ2n) is 6.19. The molecule has 0 saturated carbocycles. The molecular weight excluding hydrogens is 358 g/mol. The molecule has 0 saturated heterocycles. The summed E-state index contributed by atoms with van der Waals surface area (Å²) in [5.41, 5.74) is 4.89. The van der Waals surface area contributed by atoms with Crippen molar-refractivity contribution in [2.75, 3.05) is 5.32 Å². The maximum atomic E-state index is 12.3. The molecule has 1 N–H and O–H groups in total. The monoisotopic (exact) mass is 375 g/mol. The van der Waals surface area contributed by atoms with Crippen LogP contribution in [-0.4, -0.2) is 16.0 Å². The Morgan fingerprint density at radius 2 is 1.81 bits per heavy atom. The summed E-state index contributed by atoms with van der Waals surface area (Å²) in [6.07, 6.45) is 0. The Labute approximate surface area is 160 Å². The third kappa shape index (κ3) is 3.66. The number of aryl methyl sites for hydroxylation is 2. The maximum Gasteiger partial charge on any atom is 0.265 e. The number of hydrogen-bond acceptors (Lipinski definition) is 5. The standard InChI is InChI=1S/C21H17N3O2S/c1-13-5-10-17(23-20(25)19-4-3-11-27-19)12-18(13)15-6-8-16(9-7-15)21-22-14(2)24-26-21/h3-12H,1-2H3,(H,23,25). The molecule has 0 aliphatic heterocycles. The minimum absolute atomic E-state index is 0.0954. The first-order valence-electron chi connectivity index (χ1n) is 8.47. The van der Waals surface area contributed by atoms with Gasteiger partial charge in [0.15, 0.2) is 5.82 Å². The summed E-state index contributed by atoms with van der Waals surface area (Å²) in [6.45, 7) is 3.84. The minimum atomic E-state index is -0.0954. The van der Waals surface area contributed by atoms with E-state index in [4.69, 9.17) is 4.52 Å². The number of hydrogen-bond donors (Lipinski definition) is 1. The highest BCUT2D eigenvalue weighted by molar-refractivity contribution is 7.12. The van der Waals surface area contributed by atoms with Gasteiger partial charge in [0.1, 0.15) is 0 Å². The van der Waals surface area contributed by atoms with Crippen molar-refractivity contribution >= 4 is 22.9 Å². The fourth-order valence-electron chi connectivity index (χ4n) is 2.82. The number of benzene rings is 2. The van der Waals surface area contributed by atoms with E-state index in [0.717, 1.165) is 27.9 Å². The van der Waals surface area contributed by atoms with Gasteiger partial charge in [-0.05, 0) is 66.2 Å². The molecule has 0 aliphatic rings. The van der Waals surface area contributed by atoms with Crippen LogP contribution in [0.3, 0.4) is 0 Å². The zero-order chi connectivity index (χ0) is 18.8. The summed E-state index contributed by atoms with van der Waals surface area (Å²) in [4.78, 5) is 17.2. The first-order chi connectivity index (χ1) is 13.1. The van der Waals surface area contributed by atoms with Gasteiger partial charge in [0, 0.05) is 11.3 Å². The number of nitrogens with zero attached hydrogens (tertiary/aromatic N) is 2. The molecule has 4 rings (SSSR count). The second-order valence-corrected chi connectivity index (χ2v) is 7.13. The van der Waals surface area contributed by atoms with Gasteiger partial charge in [-0.15, -0.1) is 11.3 Å². The lowest BCUT2D eigenvalue weighted by molar-refractivity contribution is 0.103. The van der Waals surface area contributed by atoms with E-state index in [2.05, 4.69) is 22.4 Å². The third-order valence-corrected chi connectivity index (χ3v) is 5.08. The summed E-state index contributed by atoms with van der Waals surface area (Å²) >= 11 is 1.42. The number of nitrogens with one attached hydrogen (secondary N) is 1. The van der Waals surface area contributed by atoms with Crippen LogP contribution in [0.15, 0.2) is 64.5 Å². The van der Waals surface area contributed by atoms with Crippen molar-refractivity contribution in [3.05, 3.63) is 76.2 Å². The molecule has 4 aromatic rings. The van der Waals surface area contributed by atoms with E-state index in [1.165, 1.54) is 11.3 Å². The minimum Gasteiger partial charge on any atom is -0.334 e. The third-order valence-electron chi connectivity index (χ3n) is 4.21. The van der Waals surface area contributed by atoms with Gasteiger partial charge in [-0.1, -0.05) is 29.4 Å². The largest absolute Gasteiger partial charge is 0.334 e. The predicted octanol–water partition coefficient (Wildman–Crippen LogP) is 5.33. The van der Waals surface area contributed by atoms with Crippen molar-refractivity contribution in [1.82, 2.24) is 10.1 Å². The topological polar surface area (TPSA) is 68.0 Å². The molecule has 0 unspecified atom stereocenters. The fourth-order valence-corrected chi connectivity index (χ4v) is 3.44. The number of anilines is 1. The number of amides is 1. The Balaban J connectivity index is 1.60. The van der Waals surface area contributed by atoms with E-state index in [-0.39, 0.29) is 5.91 Å². The highest BCUT2D eigenvalue weighted by Gasteiger charge is 2.10. The Morgan fingerprint density at radius 3 is 2.48 bits per heavy atom. The Morgan fingerprint density at radius 1 is 1.04 bits per heavy atom. The summed E-state index contributed by atoms with van der Waals surface area (Å²) in [5, 5.41) is 8.67. The number of rotatable bonds is 4. The molecule has 5 nitrogen and oxygen atoms in total. The highest BCUT2D eigenvalue weighted by Crippen LogP contribution is 2.29. The molecule has 0 atom stereocenters. The van der Waals surface area contributed by atoms with Crippen LogP contribution in [0.2, 0.25) is 0 Å². The van der Waals surface area contributed by atoms with Gasteiger partial charge in [0.25, 0.3) is 11.8 Å². The van der Waals surface area contributed by atoms with Crippen LogP contribution in [0, 0.1) is 13.8 Å². The molecule has 0 fully saturated rings. The Hall–Kier alpha value is -3.25. The summed E-state index contributed by atoms with van der Waals surface area (Å²) < 4.78 is 5.21. The van der Waals surface area contributed by atoms with Gasteiger partial charge in [0.2, 0.25) is 0 Å². The molecule has 2 heterocycles. The van der Waals surface area contributed by atoms with Crippen molar-refractivity contribution in [2.45, 2.75) is 13.8 Å². The second kappa shape index (κ2) is 7.17. The summed E-state index contributed by atoms with van der Waals surface area (Å²) in [7, 11) is 0. The first kappa shape index (κ1) is 17.2. The van der Waals surface area contributed by atoms with Gasteiger partial charge in [-0.2, -0.15) is 4.98 Å². The summed E-state index contributed by atoms with van der Waals surface area (Å²) in [6, 6.07) is 17.5. The average molecular weight is 375 g/mol. The Kier molecular flexibility index (Phi) is 4.56.